The summed E-state index contributed by atoms with van der Waals surface area (Å²) in [7, 11) is 0. The number of nitrogens with one attached hydrogen (secondary N) is 2. The van der Waals surface area contributed by atoms with Crippen LogP contribution in [0.25, 0.3) is 0 Å². The van der Waals surface area contributed by atoms with E-state index in [2.05, 4.69) is 10.6 Å². The van der Waals surface area contributed by atoms with Gasteiger partial charge in [0.1, 0.15) is 5.82 Å². The number of rotatable bonds is 12. The van der Waals surface area contributed by atoms with Gasteiger partial charge in [0, 0.05) is 24.2 Å². The highest BCUT2D eigenvalue weighted by atomic mass is 19.1. The van der Waals surface area contributed by atoms with Crippen molar-refractivity contribution >= 4 is 35.1 Å². The van der Waals surface area contributed by atoms with E-state index in [9.17, 15) is 23.6 Å². The molecule has 0 aliphatic carbocycles. The summed E-state index contributed by atoms with van der Waals surface area (Å²) >= 11 is 0. The highest BCUT2D eigenvalue weighted by Gasteiger charge is 2.11. The maximum absolute atomic E-state index is 12.9. The van der Waals surface area contributed by atoms with Crippen molar-refractivity contribution in [2.45, 2.75) is 39.0 Å². The van der Waals surface area contributed by atoms with Gasteiger partial charge < -0.3 is 20.1 Å². The van der Waals surface area contributed by atoms with Gasteiger partial charge in [-0.2, -0.15) is 0 Å². The van der Waals surface area contributed by atoms with E-state index in [4.69, 9.17) is 9.47 Å². The molecule has 2 aromatic carbocycles. The van der Waals surface area contributed by atoms with Crippen LogP contribution < -0.4 is 10.6 Å². The van der Waals surface area contributed by atoms with Gasteiger partial charge in [-0.15, -0.1) is 0 Å². The summed E-state index contributed by atoms with van der Waals surface area (Å²) in [5.41, 5.74) is 1.28. The molecule has 176 valence electrons. The van der Waals surface area contributed by atoms with Gasteiger partial charge >= 0.3 is 11.9 Å². The fourth-order valence-corrected chi connectivity index (χ4v) is 2.65. The first-order valence-electron chi connectivity index (χ1n) is 10.7. The molecule has 2 rings (SSSR count). The van der Waals surface area contributed by atoms with Gasteiger partial charge in [0.25, 0.3) is 5.91 Å². The summed E-state index contributed by atoms with van der Waals surface area (Å²) in [6, 6.07) is 11.5. The average Bonchev–Trinajstić information content (AvgIpc) is 2.80. The summed E-state index contributed by atoms with van der Waals surface area (Å²) in [5, 5.41) is 5.16. The summed E-state index contributed by atoms with van der Waals surface area (Å²) in [6.45, 7) is 1.89. The Labute approximate surface area is 191 Å². The monoisotopic (exact) mass is 458 g/mol. The van der Waals surface area contributed by atoms with E-state index >= 15 is 0 Å². The zero-order valence-corrected chi connectivity index (χ0v) is 18.4. The topological polar surface area (TPSA) is 111 Å². The van der Waals surface area contributed by atoms with Crippen molar-refractivity contribution in [1.82, 2.24) is 0 Å². The number of carbonyl (C=O) groups excluding carboxylic acids is 4. The number of unbranched alkanes of at least 4 members (excludes halogenated alkanes) is 1. The molecule has 8 nitrogen and oxygen atoms in total. The molecule has 0 heterocycles. The van der Waals surface area contributed by atoms with E-state index in [1.807, 2.05) is 6.92 Å². The van der Waals surface area contributed by atoms with E-state index in [1.54, 1.807) is 12.1 Å². The van der Waals surface area contributed by atoms with Crippen molar-refractivity contribution in [2.24, 2.45) is 0 Å². The Morgan fingerprint density at radius 3 is 2.03 bits per heavy atom. The zero-order valence-electron chi connectivity index (χ0n) is 18.4. The van der Waals surface area contributed by atoms with E-state index in [1.165, 1.54) is 36.4 Å². The SMILES string of the molecule is CCCCOC(=O)c1ccc(NC(=O)COC(=O)CCCC(=O)Nc2ccc(F)cc2)cc1. The van der Waals surface area contributed by atoms with Crippen LogP contribution in [0.4, 0.5) is 15.8 Å². The molecule has 0 aromatic heterocycles. The molecule has 0 saturated carbocycles. The lowest BCUT2D eigenvalue weighted by Crippen LogP contribution is -2.21. The Balaban J connectivity index is 1.63. The van der Waals surface area contributed by atoms with Crippen LogP contribution in [0.3, 0.4) is 0 Å². The Morgan fingerprint density at radius 1 is 0.788 bits per heavy atom. The lowest BCUT2D eigenvalue weighted by molar-refractivity contribution is -0.147. The van der Waals surface area contributed by atoms with Crippen LogP contribution in [0.5, 0.6) is 0 Å². The first-order chi connectivity index (χ1) is 15.9. The predicted octanol–water partition coefficient (Wildman–Crippen LogP) is 4.07. The number of halogens is 1. The van der Waals surface area contributed by atoms with Crippen LogP contribution in [0.1, 0.15) is 49.4 Å². The van der Waals surface area contributed by atoms with E-state index in [-0.39, 0.29) is 25.2 Å². The molecule has 0 aliphatic rings. The van der Waals surface area contributed by atoms with Crippen molar-refractivity contribution in [3.63, 3.8) is 0 Å². The molecule has 2 amide bonds. The fourth-order valence-electron chi connectivity index (χ4n) is 2.65. The summed E-state index contributed by atoms with van der Waals surface area (Å²) in [6.07, 6.45) is 2.01. The molecule has 0 radical (unpaired) electrons. The maximum atomic E-state index is 12.9. The summed E-state index contributed by atoms with van der Waals surface area (Å²) in [5.74, 6) is -2.29. The first kappa shape index (κ1) is 25.5. The Kier molecular flexibility index (Phi) is 10.5. The summed E-state index contributed by atoms with van der Waals surface area (Å²) in [4.78, 5) is 47.4. The molecule has 0 fully saturated rings. The van der Waals surface area contributed by atoms with Crippen LogP contribution in [0.2, 0.25) is 0 Å². The second kappa shape index (κ2) is 13.6. The predicted molar refractivity (Wildman–Crippen MR) is 120 cm³/mol. The first-order valence-corrected chi connectivity index (χ1v) is 10.7. The van der Waals surface area contributed by atoms with Crippen LogP contribution >= 0.6 is 0 Å². The molecule has 0 unspecified atom stereocenters. The zero-order chi connectivity index (χ0) is 24.1. The minimum Gasteiger partial charge on any atom is -0.462 e. The van der Waals surface area contributed by atoms with Crippen LogP contribution in [0.15, 0.2) is 48.5 Å². The second-order valence-corrected chi connectivity index (χ2v) is 7.18. The Hall–Kier alpha value is -3.75. The fraction of sp³-hybridized carbons (Fsp3) is 0.333. The largest absolute Gasteiger partial charge is 0.462 e. The number of anilines is 2. The molecule has 0 saturated heterocycles. The van der Waals surface area contributed by atoms with Crippen molar-refractivity contribution < 1.29 is 33.0 Å². The van der Waals surface area contributed by atoms with Crippen molar-refractivity contribution in [2.75, 3.05) is 23.8 Å². The number of hydrogen-bond acceptors (Lipinski definition) is 6. The number of hydrogen-bond donors (Lipinski definition) is 2. The quantitative estimate of drug-likeness (QED) is 0.366. The van der Waals surface area contributed by atoms with Crippen molar-refractivity contribution in [3.8, 4) is 0 Å². The van der Waals surface area contributed by atoms with E-state index in [0.717, 1.165) is 12.8 Å². The second-order valence-electron chi connectivity index (χ2n) is 7.18. The average molecular weight is 458 g/mol. The van der Waals surface area contributed by atoms with Crippen LogP contribution in [-0.2, 0) is 23.9 Å². The van der Waals surface area contributed by atoms with Crippen LogP contribution in [0, 0.1) is 5.82 Å². The van der Waals surface area contributed by atoms with E-state index < -0.39 is 30.3 Å². The smallest absolute Gasteiger partial charge is 0.338 e. The third kappa shape index (κ3) is 9.94. The number of carbonyl (C=O) groups is 4. The van der Waals surface area contributed by atoms with Crippen LogP contribution in [-0.4, -0.2) is 37.0 Å². The highest BCUT2D eigenvalue weighted by molar-refractivity contribution is 5.94. The van der Waals surface area contributed by atoms with Crippen molar-refractivity contribution in [3.05, 3.63) is 59.9 Å². The number of amides is 2. The third-order valence-corrected chi connectivity index (χ3v) is 4.41. The van der Waals surface area contributed by atoms with Crippen molar-refractivity contribution in [1.29, 1.82) is 0 Å². The molecule has 0 spiro atoms. The molecular weight excluding hydrogens is 431 g/mol. The van der Waals surface area contributed by atoms with Gasteiger partial charge in [0.05, 0.1) is 12.2 Å². The lowest BCUT2D eigenvalue weighted by atomic mass is 10.2. The molecule has 0 aliphatic heterocycles. The molecule has 33 heavy (non-hydrogen) atoms. The number of ether oxygens (including phenoxy) is 2. The van der Waals surface area contributed by atoms with Gasteiger partial charge in [0.2, 0.25) is 5.91 Å². The molecule has 9 heteroatoms. The minimum absolute atomic E-state index is 0.0288. The molecule has 0 bridgehead atoms. The van der Waals surface area contributed by atoms with Gasteiger partial charge in [-0.3, -0.25) is 14.4 Å². The Morgan fingerprint density at radius 2 is 1.39 bits per heavy atom. The lowest BCUT2D eigenvalue weighted by Gasteiger charge is -2.08. The van der Waals surface area contributed by atoms with Gasteiger partial charge in [-0.05, 0) is 61.4 Å². The van der Waals surface area contributed by atoms with Gasteiger partial charge in [0.15, 0.2) is 6.61 Å². The molecule has 0 atom stereocenters. The third-order valence-electron chi connectivity index (χ3n) is 4.41. The molecule has 2 aromatic rings. The molecule has 2 N–H and O–H groups in total. The highest BCUT2D eigenvalue weighted by Crippen LogP contribution is 2.12. The normalized spacial score (nSPS) is 10.2. The number of esters is 2. The summed E-state index contributed by atoms with van der Waals surface area (Å²) < 4.78 is 22.9. The maximum Gasteiger partial charge on any atom is 0.338 e. The standard InChI is InChI=1S/C24H27FN2O6/c1-2-3-15-32-24(31)17-7-11-19(12-8-17)27-22(29)16-33-23(30)6-4-5-21(28)26-20-13-9-18(25)10-14-20/h7-14H,2-6,15-16H2,1H3,(H,26,28)(H,27,29). The minimum atomic E-state index is -0.607. The van der Waals surface area contributed by atoms with Gasteiger partial charge in [-0.1, -0.05) is 13.3 Å². The number of benzene rings is 2. The van der Waals surface area contributed by atoms with Gasteiger partial charge in [-0.25, -0.2) is 9.18 Å². The molecular formula is C24H27FN2O6. The van der Waals surface area contributed by atoms with E-state index in [0.29, 0.717) is 23.5 Å². The Bertz CT molecular complexity index is 944.